The summed E-state index contributed by atoms with van der Waals surface area (Å²) in [6.45, 7) is 7.48. The van der Waals surface area contributed by atoms with Crippen molar-refractivity contribution < 1.29 is 9.53 Å². The minimum Gasteiger partial charge on any atom is -0.460 e. The predicted molar refractivity (Wildman–Crippen MR) is 114 cm³/mol. The number of anilines is 2. The van der Waals surface area contributed by atoms with Crippen LogP contribution in [0.2, 0.25) is 5.15 Å². The Kier molecular flexibility index (Phi) is 6.44. The van der Waals surface area contributed by atoms with Gasteiger partial charge < -0.3 is 10.1 Å². The van der Waals surface area contributed by atoms with Crippen LogP contribution in [0.4, 0.5) is 11.6 Å². The third kappa shape index (κ3) is 6.76. The maximum atomic E-state index is 12.0. The molecule has 152 valence electrons. The molecule has 0 fully saturated rings. The molecular weight excluding hydrogens is 410 g/mol. The second-order valence-electron chi connectivity index (χ2n) is 7.43. The fraction of sp³-hybridized carbons (Fsp3) is 0.300. The summed E-state index contributed by atoms with van der Waals surface area (Å²) in [5.41, 5.74) is 1.33. The van der Waals surface area contributed by atoms with Crippen LogP contribution >= 0.6 is 23.4 Å². The maximum Gasteiger partial charge on any atom is 0.310 e. The first kappa shape index (κ1) is 21.1. The molecule has 3 rings (SSSR count). The molecule has 0 bridgehead atoms. The van der Waals surface area contributed by atoms with Crippen LogP contribution in [0.25, 0.3) is 0 Å². The zero-order valence-corrected chi connectivity index (χ0v) is 18.2. The summed E-state index contributed by atoms with van der Waals surface area (Å²) in [6.07, 6.45) is 0.229. The highest BCUT2D eigenvalue weighted by Crippen LogP contribution is 2.28. The van der Waals surface area contributed by atoms with Gasteiger partial charge in [-0.15, -0.1) is 0 Å². The molecule has 7 nitrogen and oxygen atoms in total. The zero-order valence-electron chi connectivity index (χ0n) is 16.6. The summed E-state index contributed by atoms with van der Waals surface area (Å²) < 4.78 is 5.35. The minimum absolute atomic E-state index is 0.229. The standard InChI is InChI=1S/C20H22ClN5O2S/c1-12-9-17(26-25-12)23-16-11-15(21)22-19(24-16)29-14-7-5-13(6-8-14)10-18(27)28-20(2,3)4/h5-9,11H,10H2,1-4H3,(H2,22,23,24,25,26). The lowest BCUT2D eigenvalue weighted by Gasteiger charge is -2.19. The number of benzene rings is 1. The molecule has 0 atom stereocenters. The third-order valence-corrected chi connectivity index (χ3v) is 4.60. The quantitative estimate of drug-likeness (QED) is 0.324. The number of hydrogen-bond donors (Lipinski definition) is 2. The summed E-state index contributed by atoms with van der Waals surface area (Å²) in [6, 6.07) is 11.1. The van der Waals surface area contributed by atoms with E-state index in [4.69, 9.17) is 16.3 Å². The molecule has 0 radical (unpaired) electrons. The van der Waals surface area contributed by atoms with Crippen molar-refractivity contribution >= 4 is 41.0 Å². The molecule has 0 aliphatic rings. The number of nitrogens with one attached hydrogen (secondary N) is 2. The lowest BCUT2D eigenvalue weighted by molar-refractivity contribution is -0.153. The van der Waals surface area contributed by atoms with E-state index in [1.807, 2.05) is 58.0 Å². The fourth-order valence-corrected chi connectivity index (χ4v) is 3.45. The molecule has 1 aromatic carbocycles. The molecule has 0 amide bonds. The molecule has 3 aromatic rings. The van der Waals surface area contributed by atoms with Crippen molar-refractivity contribution in [1.29, 1.82) is 0 Å². The summed E-state index contributed by atoms with van der Waals surface area (Å²) in [5.74, 6) is 0.959. The SMILES string of the molecule is Cc1cc(Nc2cc(Cl)nc(Sc3ccc(CC(=O)OC(C)(C)C)cc3)n2)n[nH]1. The molecule has 0 saturated heterocycles. The Balaban J connectivity index is 1.66. The molecule has 0 spiro atoms. The van der Waals surface area contributed by atoms with E-state index in [-0.39, 0.29) is 12.4 Å². The van der Waals surface area contributed by atoms with Crippen LogP contribution in [0.3, 0.4) is 0 Å². The van der Waals surface area contributed by atoms with Crippen molar-refractivity contribution in [3.8, 4) is 0 Å². The van der Waals surface area contributed by atoms with Gasteiger partial charge in [-0.3, -0.25) is 9.89 Å². The Morgan fingerprint density at radius 2 is 1.90 bits per heavy atom. The highest BCUT2D eigenvalue weighted by Gasteiger charge is 2.16. The number of nitrogens with zero attached hydrogens (tertiary/aromatic N) is 3. The van der Waals surface area contributed by atoms with E-state index in [2.05, 4.69) is 25.5 Å². The van der Waals surface area contributed by atoms with Crippen molar-refractivity contribution in [3.05, 3.63) is 52.8 Å². The van der Waals surface area contributed by atoms with Gasteiger partial charge in [-0.2, -0.15) is 5.10 Å². The summed E-state index contributed by atoms with van der Waals surface area (Å²) in [4.78, 5) is 21.6. The van der Waals surface area contributed by atoms with Gasteiger partial charge in [-0.25, -0.2) is 9.97 Å². The van der Waals surface area contributed by atoms with E-state index in [0.717, 1.165) is 16.2 Å². The van der Waals surface area contributed by atoms with E-state index in [9.17, 15) is 4.79 Å². The average molecular weight is 432 g/mol. The Labute approximate surface area is 178 Å². The van der Waals surface area contributed by atoms with Crippen LogP contribution in [-0.2, 0) is 16.0 Å². The van der Waals surface area contributed by atoms with E-state index in [0.29, 0.717) is 21.9 Å². The van der Waals surface area contributed by atoms with Gasteiger partial charge in [0.05, 0.1) is 6.42 Å². The van der Waals surface area contributed by atoms with Gasteiger partial charge in [-0.05, 0) is 57.2 Å². The predicted octanol–water partition coefficient (Wildman–Crippen LogP) is 4.94. The molecule has 9 heteroatoms. The maximum absolute atomic E-state index is 12.0. The molecule has 2 heterocycles. The van der Waals surface area contributed by atoms with E-state index < -0.39 is 5.60 Å². The van der Waals surface area contributed by atoms with Crippen LogP contribution < -0.4 is 5.32 Å². The number of ether oxygens (including phenoxy) is 1. The topological polar surface area (TPSA) is 92.8 Å². The number of aromatic nitrogens is 4. The van der Waals surface area contributed by atoms with Crippen LogP contribution in [0.5, 0.6) is 0 Å². The minimum atomic E-state index is -0.489. The van der Waals surface area contributed by atoms with Gasteiger partial charge in [-0.1, -0.05) is 23.7 Å². The first-order valence-electron chi connectivity index (χ1n) is 8.98. The van der Waals surface area contributed by atoms with Gasteiger partial charge in [0, 0.05) is 22.7 Å². The lowest BCUT2D eigenvalue weighted by atomic mass is 10.1. The molecule has 2 aromatic heterocycles. The Bertz CT molecular complexity index is 999. The number of carbonyl (C=O) groups is 1. The number of aryl methyl sites for hydroxylation is 1. The van der Waals surface area contributed by atoms with Gasteiger partial charge in [0.15, 0.2) is 11.0 Å². The van der Waals surface area contributed by atoms with Crippen molar-refractivity contribution in [2.24, 2.45) is 0 Å². The lowest BCUT2D eigenvalue weighted by Crippen LogP contribution is -2.24. The first-order chi connectivity index (χ1) is 13.7. The number of H-pyrrole nitrogens is 1. The van der Waals surface area contributed by atoms with Crippen LogP contribution in [0, 0.1) is 6.92 Å². The van der Waals surface area contributed by atoms with Crippen molar-refractivity contribution in [2.45, 2.75) is 49.8 Å². The number of carbonyl (C=O) groups excluding carboxylic acids is 1. The summed E-state index contributed by atoms with van der Waals surface area (Å²) in [5, 5.41) is 10.9. The highest BCUT2D eigenvalue weighted by molar-refractivity contribution is 7.99. The first-order valence-corrected chi connectivity index (χ1v) is 10.2. The summed E-state index contributed by atoms with van der Waals surface area (Å²) >= 11 is 7.52. The van der Waals surface area contributed by atoms with Crippen LogP contribution in [0.15, 0.2) is 46.5 Å². The largest absolute Gasteiger partial charge is 0.460 e. The van der Waals surface area contributed by atoms with Crippen molar-refractivity contribution in [1.82, 2.24) is 20.2 Å². The van der Waals surface area contributed by atoms with Gasteiger partial charge in [0.25, 0.3) is 0 Å². The van der Waals surface area contributed by atoms with Gasteiger partial charge in [0.2, 0.25) is 0 Å². The zero-order chi connectivity index (χ0) is 21.0. The molecule has 0 saturated carbocycles. The van der Waals surface area contributed by atoms with E-state index >= 15 is 0 Å². The Morgan fingerprint density at radius 1 is 1.17 bits per heavy atom. The second-order valence-corrected chi connectivity index (χ2v) is 8.86. The Morgan fingerprint density at radius 3 is 2.52 bits per heavy atom. The number of rotatable bonds is 6. The number of esters is 1. The van der Waals surface area contributed by atoms with Gasteiger partial charge >= 0.3 is 5.97 Å². The molecule has 2 N–H and O–H groups in total. The van der Waals surface area contributed by atoms with Crippen LogP contribution in [0.1, 0.15) is 32.0 Å². The van der Waals surface area contributed by atoms with Crippen molar-refractivity contribution in [2.75, 3.05) is 5.32 Å². The number of halogens is 1. The summed E-state index contributed by atoms with van der Waals surface area (Å²) in [7, 11) is 0. The van der Waals surface area contributed by atoms with E-state index in [1.54, 1.807) is 6.07 Å². The third-order valence-electron chi connectivity index (χ3n) is 3.54. The van der Waals surface area contributed by atoms with E-state index in [1.165, 1.54) is 11.8 Å². The molecule has 29 heavy (non-hydrogen) atoms. The molecule has 0 unspecified atom stereocenters. The molecule has 0 aliphatic heterocycles. The Hall–Kier alpha value is -2.58. The highest BCUT2D eigenvalue weighted by atomic mass is 35.5. The average Bonchev–Trinajstić information content (AvgIpc) is 2.99. The van der Waals surface area contributed by atoms with Crippen molar-refractivity contribution in [3.63, 3.8) is 0 Å². The molecular formula is C20H22ClN5O2S. The smallest absolute Gasteiger partial charge is 0.310 e. The molecule has 0 aliphatic carbocycles. The van der Waals surface area contributed by atoms with Gasteiger partial charge in [0.1, 0.15) is 16.6 Å². The number of hydrogen-bond acceptors (Lipinski definition) is 7. The second kappa shape index (κ2) is 8.84. The number of aromatic amines is 1. The normalized spacial score (nSPS) is 11.3. The fourth-order valence-electron chi connectivity index (χ4n) is 2.44. The van der Waals surface area contributed by atoms with Crippen LogP contribution in [-0.4, -0.2) is 31.7 Å². The monoisotopic (exact) mass is 431 g/mol.